The van der Waals surface area contributed by atoms with Crippen molar-refractivity contribution in [1.82, 2.24) is 15.2 Å². The van der Waals surface area contributed by atoms with E-state index in [1.807, 2.05) is 30.3 Å². The van der Waals surface area contributed by atoms with E-state index in [0.29, 0.717) is 30.3 Å². The van der Waals surface area contributed by atoms with Crippen molar-refractivity contribution in [3.05, 3.63) is 70.6 Å². The number of aromatic nitrogens is 3. The molecule has 0 spiro atoms. The first-order chi connectivity index (χ1) is 11.7. The van der Waals surface area contributed by atoms with Crippen molar-refractivity contribution in [2.75, 3.05) is 17.2 Å². The van der Waals surface area contributed by atoms with Crippen LogP contribution in [0.15, 0.2) is 59.2 Å². The molecule has 0 saturated heterocycles. The highest BCUT2D eigenvalue weighted by Gasteiger charge is 2.04. The molecule has 0 bridgehead atoms. The normalized spacial score (nSPS) is 10.4. The van der Waals surface area contributed by atoms with Crippen molar-refractivity contribution >= 4 is 33.4 Å². The highest BCUT2D eigenvalue weighted by atomic mass is 79.9. The molecule has 0 aliphatic carbocycles. The molecule has 2 N–H and O–H groups in total. The summed E-state index contributed by atoms with van der Waals surface area (Å²) in [5, 5.41) is 14.1. The second-order valence-corrected chi connectivity index (χ2v) is 5.89. The standard InChI is InChI=1S/C17H15BrFN5/c18-13-6-2-4-8-15(13)22-16-11-21-24-17(23-16)20-10-9-12-5-1-3-7-14(12)19/h1-8,11H,9-10H2,(H2,20,22,23,24). The van der Waals surface area contributed by atoms with Crippen molar-refractivity contribution in [2.24, 2.45) is 0 Å². The Labute approximate surface area is 147 Å². The fourth-order valence-electron chi connectivity index (χ4n) is 2.15. The van der Waals surface area contributed by atoms with Gasteiger partial charge in [-0.3, -0.25) is 0 Å². The Morgan fingerprint density at radius 2 is 1.83 bits per heavy atom. The maximum Gasteiger partial charge on any atom is 0.244 e. The van der Waals surface area contributed by atoms with Crippen LogP contribution >= 0.6 is 15.9 Å². The molecule has 0 fully saturated rings. The predicted octanol–water partition coefficient (Wildman–Crippen LogP) is 4.17. The van der Waals surface area contributed by atoms with Gasteiger partial charge in [0.15, 0.2) is 5.82 Å². The summed E-state index contributed by atoms with van der Waals surface area (Å²) in [5.74, 6) is 0.761. The molecule has 3 rings (SSSR count). The zero-order chi connectivity index (χ0) is 16.8. The first kappa shape index (κ1) is 16.3. The van der Waals surface area contributed by atoms with Crippen molar-refractivity contribution in [1.29, 1.82) is 0 Å². The number of rotatable bonds is 6. The number of anilines is 3. The quantitative estimate of drug-likeness (QED) is 0.664. The van der Waals surface area contributed by atoms with Gasteiger partial charge in [-0.15, -0.1) is 5.10 Å². The summed E-state index contributed by atoms with van der Waals surface area (Å²) in [6.45, 7) is 0.515. The van der Waals surface area contributed by atoms with Crippen LogP contribution in [-0.4, -0.2) is 21.7 Å². The van der Waals surface area contributed by atoms with Gasteiger partial charge < -0.3 is 10.6 Å². The van der Waals surface area contributed by atoms with E-state index in [1.165, 1.54) is 6.07 Å². The molecule has 1 aromatic heterocycles. The highest BCUT2D eigenvalue weighted by Crippen LogP contribution is 2.24. The van der Waals surface area contributed by atoms with Crippen LogP contribution in [0.25, 0.3) is 0 Å². The van der Waals surface area contributed by atoms with Crippen LogP contribution < -0.4 is 10.6 Å². The van der Waals surface area contributed by atoms with E-state index in [1.54, 1.807) is 18.3 Å². The third kappa shape index (κ3) is 4.26. The van der Waals surface area contributed by atoms with Crippen LogP contribution in [0.3, 0.4) is 0 Å². The molecule has 0 atom stereocenters. The smallest absolute Gasteiger partial charge is 0.244 e. The van der Waals surface area contributed by atoms with E-state index in [2.05, 4.69) is 41.7 Å². The van der Waals surface area contributed by atoms with Gasteiger partial charge in [0.2, 0.25) is 5.95 Å². The molecule has 0 amide bonds. The summed E-state index contributed by atoms with van der Waals surface area (Å²) in [4.78, 5) is 4.35. The average Bonchev–Trinajstić information content (AvgIpc) is 2.59. The van der Waals surface area contributed by atoms with Crippen molar-refractivity contribution in [3.8, 4) is 0 Å². The van der Waals surface area contributed by atoms with Crippen LogP contribution in [-0.2, 0) is 6.42 Å². The third-order valence-electron chi connectivity index (χ3n) is 3.33. The summed E-state index contributed by atoms with van der Waals surface area (Å²) < 4.78 is 14.5. The molecule has 0 radical (unpaired) electrons. The Bertz CT molecular complexity index is 827. The lowest BCUT2D eigenvalue weighted by Crippen LogP contribution is -2.10. The van der Waals surface area contributed by atoms with Gasteiger partial charge in [-0.05, 0) is 46.1 Å². The molecule has 2 aromatic carbocycles. The lowest BCUT2D eigenvalue weighted by atomic mass is 10.1. The summed E-state index contributed by atoms with van der Waals surface area (Å²) in [7, 11) is 0. The third-order valence-corrected chi connectivity index (χ3v) is 4.02. The zero-order valence-corrected chi connectivity index (χ0v) is 14.3. The van der Waals surface area contributed by atoms with Gasteiger partial charge in [0.25, 0.3) is 0 Å². The van der Waals surface area contributed by atoms with E-state index in [-0.39, 0.29) is 5.82 Å². The molecule has 7 heteroatoms. The van der Waals surface area contributed by atoms with E-state index >= 15 is 0 Å². The summed E-state index contributed by atoms with van der Waals surface area (Å²) >= 11 is 3.47. The molecule has 0 aliphatic heterocycles. The van der Waals surface area contributed by atoms with Crippen molar-refractivity contribution in [2.45, 2.75) is 6.42 Å². The van der Waals surface area contributed by atoms with Gasteiger partial charge in [0, 0.05) is 11.0 Å². The predicted molar refractivity (Wildman–Crippen MR) is 95.8 cm³/mol. The molecular weight excluding hydrogens is 373 g/mol. The lowest BCUT2D eigenvalue weighted by molar-refractivity contribution is 0.610. The molecule has 0 unspecified atom stereocenters. The molecule has 0 aliphatic rings. The van der Waals surface area contributed by atoms with Crippen LogP contribution in [0.2, 0.25) is 0 Å². The number of nitrogens with one attached hydrogen (secondary N) is 2. The van der Waals surface area contributed by atoms with E-state index in [4.69, 9.17) is 0 Å². The molecule has 3 aromatic rings. The van der Waals surface area contributed by atoms with Gasteiger partial charge in [-0.2, -0.15) is 10.1 Å². The minimum Gasteiger partial charge on any atom is -0.353 e. The van der Waals surface area contributed by atoms with Crippen molar-refractivity contribution < 1.29 is 4.39 Å². The Hall–Kier alpha value is -2.54. The maximum absolute atomic E-state index is 13.6. The topological polar surface area (TPSA) is 62.7 Å². The Morgan fingerprint density at radius 3 is 2.67 bits per heavy atom. The van der Waals surface area contributed by atoms with Crippen LogP contribution in [0, 0.1) is 5.82 Å². The monoisotopic (exact) mass is 387 g/mol. The number of halogens is 2. The Kier molecular flexibility index (Phi) is 5.32. The van der Waals surface area contributed by atoms with Gasteiger partial charge in [-0.25, -0.2) is 4.39 Å². The second kappa shape index (κ2) is 7.83. The number of nitrogens with zero attached hydrogens (tertiary/aromatic N) is 3. The van der Waals surface area contributed by atoms with Gasteiger partial charge in [0.05, 0.1) is 11.9 Å². The fraction of sp³-hybridized carbons (Fsp3) is 0.118. The molecule has 0 saturated carbocycles. The minimum atomic E-state index is -0.206. The highest BCUT2D eigenvalue weighted by molar-refractivity contribution is 9.10. The largest absolute Gasteiger partial charge is 0.353 e. The number of benzene rings is 2. The van der Waals surface area contributed by atoms with Gasteiger partial charge in [0.1, 0.15) is 5.82 Å². The Morgan fingerprint density at radius 1 is 1.04 bits per heavy atom. The number of hydrogen-bond acceptors (Lipinski definition) is 5. The molecule has 1 heterocycles. The van der Waals surface area contributed by atoms with Crippen LogP contribution in [0.4, 0.5) is 21.8 Å². The summed E-state index contributed by atoms with van der Waals surface area (Å²) in [5.41, 5.74) is 1.54. The Balaban J connectivity index is 1.61. The van der Waals surface area contributed by atoms with Crippen LogP contribution in [0.5, 0.6) is 0 Å². The molecule has 24 heavy (non-hydrogen) atoms. The van der Waals surface area contributed by atoms with Crippen LogP contribution in [0.1, 0.15) is 5.56 Å². The minimum absolute atomic E-state index is 0.206. The lowest BCUT2D eigenvalue weighted by Gasteiger charge is -2.09. The molecule has 5 nitrogen and oxygen atoms in total. The average molecular weight is 388 g/mol. The summed E-state index contributed by atoms with van der Waals surface area (Å²) in [6, 6.07) is 14.4. The fourth-order valence-corrected chi connectivity index (χ4v) is 2.53. The van der Waals surface area contributed by atoms with E-state index in [9.17, 15) is 4.39 Å². The maximum atomic E-state index is 13.6. The van der Waals surface area contributed by atoms with E-state index in [0.717, 1.165) is 10.2 Å². The zero-order valence-electron chi connectivity index (χ0n) is 12.7. The van der Waals surface area contributed by atoms with Gasteiger partial charge >= 0.3 is 0 Å². The summed E-state index contributed by atoms with van der Waals surface area (Å²) in [6.07, 6.45) is 2.08. The number of para-hydroxylation sites is 1. The van der Waals surface area contributed by atoms with Gasteiger partial charge in [-0.1, -0.05) is 30.3 Å². The SMILES string of the molecule is Fc1ccccc1CCNc1nncc(Nc2ccccc2Br)n1. The first-order valence-corrected chi connectivity index (χ1v) is 8.20. The molecular formula is C17H15BrFN5. The van der Waals surface area contributed by atoms with Crippen molar-refractivity contribution in [3.63, 3.8) is 0 Å². The van der Waals surface area contributed by atoms with E-state index < -0.39 is 0 Å². The first-order valence-electron chi connectivity index (χ1n) is 7.41. The second-order valence-electron chi connectivity index (χ2n) is 5.04. The molecule has 122 valence electrons. The number of hydrogen-bond donors (Lipinski definition) is 2.